The predicted octanol–water partition coefficient (Wildman–Crippen LogP) is 2.06. The first kappa shape index (κ1) is 13.2. The van der Waals surface area contributed by atoms with Crippen LogP contribution < -0.4 is 20.7 Å². The molecule has 1 aliphatic rings. The second-order valence-electron chi connectivity index (χ2n) is 4.37. The molecule has 104 valence electrons. The van der Waals surface area contributed by atoms with Gasteiger partial charge in [0.15, 0.2) is 11.5 Å². The second kappa shape index (κ2) is 5.66. The Morgan fingerprint density at radius 3 is 2.75 bits per heavy atom. The summed E-state index contributed by atoms with van der Waals surface area (Å²) in [6.07, 6.45) is 1.68. The van der Waals surface area contributed by atoms with E-state index in [1.807, 2.05) is 18.2 Å². The average Bonchev–Trinajstić information content (AvgIpc) is 2.50. The van der Waals surface area contributed by atoms with E-state index in [1.54, 1.807) is 18.3 Å². The maximum Gasteiger partial charge on any atom is 0.161 e. The van der Waals surface area contributed by atoms with E-state index in [1.165, 1.54) is 0 Å². The zero-order chi connectivity index (χ0) is 13.9. The van der Waals surface area contributed by atoms with Gasteiger partial charge in [0, 0.05) is 6.20 Å². The van der Waals surface area contributed by atoms with Crippen molar-refractivity contribution in [2.75, 3.05) is 13.2 Å². The Balaban J connectivity index is 1.99. The number of nitrogens with two attached hydrogens (primary N) is 1. The van der Waals surface area contributed by atoms with E-state index in [4.69, 9.17) is 26.9 Å². The van der Waals surface area contributed by atoms with E-state index < -0.39 is 0 Å². The number of pyridine rings is 1. The van der Waals surface area contributed by atoms with Gasteiger partial charge in [-0.3, -0.25) is 10.8 Å². The van der Waals surface area contributed by atoms with Gasteiger partial charge < -0.3 is 9.47 Å². The molecule has 20 heavy (non-hydrogen) atoms. The second-order valence-corrected chi connectivity index (χ2v) is 4.78. The molecule has 6 heteroatoms. The summed E-state index contributed by atoms with van der Waals surface area (Å²) in [7, 11) is 0. The molecular formula is C14H14ClN3O2. The van der Waals surface area contributed by atoms with Crippen LogP contribution >= 0.6 is 11.6 Å². The molecule has 1 unspecified atom stereocenters. The lowest BCUT2D eigenvalue weighted by atomic mass is 10.0. The van der Waals surface area contributed by atoms with Crippen LogP contribution in [0.2, 0.25) is 5.02 Å². The van der Waals surface area contributed by atoms with Crippen LogP contribution in [0.1, 0.15) is 17.3 Å². The first-order valence-corrected chi connectivity index (χ1v) is 6.63. The molecule has 0 spiro atoms. The zero-order valence-electron chi connectivity index (χ0n) is 10.7. The summed E-state index contributed by atoms with van der Waals surface area (Å²) < 4.78 is 11.1. The third kappa shape index (κ3) is 2.43. The maximum atomic E-state index is 6.18. The summed E-state index contributed by atoms with van der Waals surface area (Å²) in [5.41, 5.74) is 4.33. The van der Waals surface area contributed by atoms with Crippen LogP contribution in [0.3, 0.4) is 0 Å². The lowest BCUT2D eigenvalue weighted by Gasteiger charge is -2.22. The first-order chi connectivity index (χ1) is 9.79. The number of fused-ring (bicyclic) bond motifs is 1. The summed E-state index contributed by atoms with van der Waals surface area (Å²) in [5.74, 6) is 7.11. The van der Waals surface area contributed by atoms with E-state index in [2.05, 4.69) is 10.4 Å². The van der Waals surface area contributed by atoms with Gasteiger partial charge in [-0.15, -0.1) is 0 Å². The highest BCUT2D eigenvalue weighted by atomic mass is 35.5. The maximum absolute atomic E-state index is 6.18. The fourth-order valence-corrected chi connectivity index (χ4v) is 2.41. The molecule has 1 aromatic heterocycles. The molecular weight excluding hydrogens is 278 g/mol. The van der Waals surface area contributed by atoms with E-state index in [0.29, 0.717) is 29.7 Å². The largest absolute Gasteiger partial charge is 0.486 e. The highest BCUT2D eigenvalue weighted by Crippen LogP contribution is 2.34. The molecule has 1 atom stereocenters. The lowest BCUT2D eigenvalue weighted by molar-refractivity contribution is 0.171. The van der Waals surface area contributed by atoms with Crippen LogP contribution in [0.15, 0.2) is 36.5 Å². The number of aromatic nitrogens is 1. The van der Waals surface area contributed by atoms with Gasteiger partial charge in [-0.25, -0.2) is 5.43 Å². The van der Waals surface area contributed by atoms with Crippen molar-refractivity contribution >= 4 is 11.6 Å². The third-order valence-corrected chi connectivity index (χ3v) is 3.45. The molecule has 0 saturated carbocycles. The molecule has 0 bridgehead atoms. The summed E-state index contributed by atoms with van der Waals surface area (Å²) in [5, 5.41) is 0.560. The van der Waals surface area contributed by atoms with Crippen LogP contribution in [0.5, 0.6) is 11.5 Å². The number of halogens is 1. The molecule has 3 rings (SSSR count). The summed E-state index contributed by atoms with van der Waals surface area (Å²) in [6.45, 7) is 1.11. The highest BCUT2D eigenvalue weighted by molar-refractivity contribution is 6.31. The normalized spacial score (nSPS) is 14.9. The van der Waals surface area contributed by atoms with Gasteiger partial charge in [-0.2, -0.15) is 0 Å². The van der Waals surface area contributed by atoms with Crippen molar-refractivity contribution in [3.05, 3.63) is 52.8 Å². The third-order valence-electron chi connectivity index (χ3n) is 3.13. The van der Waals surface area contributed by atoms with Crippen LogP contribution in [0.4, 0.5) is 0 Å². The van der Waals surface area contributed by atoms with Crippen LogP contribution in [0.25, 0.3) is 0 Å². The van der Waals surface area contributed by atoms with Gasteiger partial charge in [0.2, 0.25) is 0 Å². The first-order valence-electron chi connectivity index (χ1n) is 6.25. The minimum atomic E-state index is -0.306. The highest BCUT2D eigenvalue weighted by Gasteiger charge is 2.20. The van der Waals surface area contributed by atoms with Crippen molar-refractivity contribution in [3.8, 4) is 11.5 Å². The van der Waals surface area contributed by atoms with Crippen molar-refractivity contribution in [3.63, 3.8) is 0 Å². The van der Waals surface area contributed by atoms with Gasteiger partial charge >= 0.3 is 0 Å². The Bertz CT molecular complexity index is 621. The SMILES string of the molecule is NNC(c1ccc2c(c1)OCCO2)c1ncccc1Cl. The smallest absolute Gasteiger partial charge is 0.161 e. The van der Waals surface area contributed by atoms with Crippen molar-refractivity contribution < 1.29 is 9.47 Å². The molecule has 2 heterocycles. The summed E-state index contributed by atoms with van der Waals surface area (Å²) in [4.78, 5) is 4.29. The van der Waals surface area contributed by atoms with E-state index in [9.17, 15) is 0 Å². The fraction of sp³-hybridized carbons (Fsp3) is 0.214. The average molecular weight is 292 g/mol. The molecule has 0 aliphatic carbocycles. The molecule has 0 fully saturated rings. The number of hydrogen-bond acceptors (Lipinski definition) is 5. The van der Waals surface area contributed by atoms with Crippen molar-refractivity contribution in [1.82, 2.24) is 10.4 Å². The van der Waals surface area contributed by atoms with Crippen LogP contribution in [0, 0.1) is 0 Å². The molecule has 0 radical (unpaired) electrons. The number of nitrogens with zero attached hydrogens (tertiary/aromatic N) is 1. The van der Waals surface area contributed by atoms with Gasteiger partial charge in [0.1, 0.15) is 13.2 Å². The molecule has 2 aromatic rings. The van der Waals surface area contributed by atoms with Gasteiger partial charge in [0.25, 0.3) is 0 Å². The zero-order valence-corrected chi connectivity index (χ0v) is 11.4. The Labute approximate surface area is 121 Å². The molecule has 3 N–H and O–H groups in total. The van der Waals surface area contributed by atoms with Crippen molar-refractivity contribution in [2.45, 2.75) is 6.04 Å². The van der Waals surface area contributed by atoms with E-state index >= 15 is 0 Å². The Kier molecular flexibility index (Phi) is 3.73. The number of benzene rings is 1. The number of nitrogens with one attached hydrogen (secondary N) is 1. The van der Waals surface area contributed by atoms with Gasteiger partial charge in [-0.1, -0.05) is 17.7 Å². The molecule has 0 saturated heterocycles. The number of hydrazine groups is 1. The number of rotatable bonds is 3. The van der Waals surface area contributed by atoms with Crippen molar-refractivity contribution in [1.29, 1.82) is 0 Å². The van der Waals surface area contributed by atoms with Crippen LogP contribution in [-0.4, -0.2) is 18.2 Å². The lowest BCUT2D eigenvalue weighted by Crippen LogP contribution is -2.30. The van der Waals surface area contributed by atoms with E-state index in [0.717, 1.165) is 11.3 Å². The molecule has 0 amide bonds. The monoisotopic (exact) mass is 291 g/mol. The molecule has 1 aromatic carbocycles. The Morgan fingerprint density at radius 1 is 1.20 bits per heavy atom. The van der Waals surface area contributed by atoms with Crippen molar-refractivity contribution in [2.24, 2.45) is 5.84 Å². The number of hydrogen-bond donors (Lipinski definition) is 2. The Morgan fingerprint density at radius 2 is 2.00 bits per heavy atom. The summed E-state index contributed by atoms with van der Waals surface area (Å²) >= 11 is 6.18. The fourth-order valence-electron chi connectivity index (χ4n) is 2.18. The number of ether oxygens (including phenoxy) is 2. The molecule has 5 nitrogen and oxygen atoms in total. The van der Waals surface area contributed by atoms with Crippen LogP contribution in [-0.2, 0) is 0 Å². The van der Waals surface area contributed by atoms with Gasteiger partial charge in [-0.05, 0) is 29.8 Å². The minimum absolute atomic E-state index is 0.306. The quantitative estimate of drug-likeness (QED) is 0.669. The molecule has 1 aliphatic heterocycles. The standard InChI is InChI=1S/C14H14ClN3O2/c15-10-2-1-5-17-14(10)13(18-16)9-3-4-11-12(8-9)20-7-6-19-11/h1-5,8,13,18H,6-7,16H2. The topological polar surface area (TPSA) is 69.4 Å². The summed E-state index contributed by atoms with van der Waals surface area (Å²) in [6, 6.07) is 8.94. The van der Waals surface area contributed by atoms with Gasteiger partial charge in [0.05, 0.1) is 16.8 Å². The predicted molar refractivity (Wildman–Crippen MR) is 75.8 cm³/mol. The minimum Gasteiger partial charge on any atom is -0.486 e. The Hall–Kier alpha value is -1.82. The van der Waals surface area contributed by atoms with E-state index in [-0.39, 0.29) is 6.04 Å².